The molecule has 0 amide bonds. The van der Waals surface area contributed by atoms with Crippen LogP contribution in [0.4, 0.5) is 0 Å². The minimum atomic E-state index is 0.598. The summed E-state index contributed by atoms with van der Waals surface area (Å²) >= 11 is 0. The minimum absolute atomic E-state index is 0.598. The Morgan fingerprint density at radius 3 is 0.917 bits per heavy atom. The number of hydrogen-bond donors (Lipinski definition) is 0. The highest BCUT2D eigenvalue weighted by molar-refractivity contribution is 5.63. The molecule has 5 rings (SSSR count). The maximum Gasteiger partial charge on any atom is 0.118 e. The molecular weight excluding hydrogens is 581 g/mol. The SMILES string of the molecule is CC(C)c1ccc(-c2ccccc2)cc1.CC(C)c1ccc(C(C)C)cc1.COc1ccc(C(C)C)cc1.Cc1ccc(C(C)C)cc1. The zero-order chi connectivity index (χ0) is 35.6. The summed E-state index contributed by atoms with van der Waals surface area (Å²) in [5.41, 5.74) is 10.9. The van der Waals surface area contributed by atoms with Crippen LogP contribution in [0.25, 0.3) is 11.1 Å². The van der Waals surface area contributed by atoms with E-state index in [1.807, 2.05) is 18.2 Å². The third-order valence-corrected chi connectivity index (χ3v) is 8.48. The van der Waals surface area contributed by atoms with Gasteiger partial charge in [0.2, 0.25) is 0 Å². The van der Waals surface area contributed by atoms with Crippen LogP contribution >= 0.6 is 0 Å². The Balaban J connectivity index is 0.000000225. The summed E-state index contributed by atoms with van der Waals surface area (Å²) in [5, 5.41) is 0. The molecular formula is C47H62O. The summed E-state index contributed by atoms with van der Waals surface area (Å²) in [6.07, 6.45) is 0. The minimum Gasteiger partial charge on any atom is -0.497 e. The largest absolute Gasteiger partial charge is 0.497 e. The van der Waals surface area contributed by atoms with Gasteiger partial charge in [-0.05, 0) is 87.6 Å². The first-order valence-corrected chi connectivity index (χ1v) is 17.8. The van der Waals surface area contributed by atoms with Gasteiger partial charge in [-0.15, -0.1) is 0 Å². The molecule has 0 aliphatic carbocycles. The average Bonchev–Trinajstić information content (AvgIpc) is 3.09. The fourth-order valence-electron chi connectivity index (χ4n) is 4.90. The van der Waals surface area contributed by atoms with Crippen LogP contribution in [0.15, 0.2) is 127 Å². The Morgan fingerprint density at radius 1 is 0.333 bits per heavy atom. The van der Waals surface area contributed by atoms with Crippen LogP contribution in [-0.4, -0.2) is 7.11 Å². The molecule has 0 heterocycles. The van der Waals surface area contributed by atoms with Crippen molar-refractivity contribution < 1.29 is 4.74 Å². The molecule has 0 bridgehead atoms. The second kappa shape index (κ2) is 21.0. The van der Waals surface area contributed by atoms with Crippen molar-refractivity contribution in [3.8, 4) is 16.9 Å². The maximum absolute atomic E-state index is 5.05. The highest BCUT2D eigenvalue weighted by atomic mass is 16.5. The Kier molecular flexibility index (Phi) is 17.5. The average molecular weight is 643 g/mol. The van der Waals surface area contributed by atoms with Gasteiger partial charge in [-0.25, -0.2) is 0 Å². The van der Waals surface area contributed by atoms with E-state index >= 15 is 0 Å². The van der Waals surface area contributed by atoms with E-state index in [1.165, 1.54) is 44.5 Å². The van der Waals surface area contributed by atoms with Crippen LogP contribution in [0.2, 0.25) is 0 Å². The predicted octanol–water partition coefficient (Wildman–Crippen LogP) is 14.3. The van der Waals surface area contributed by atoms with Gasteiger partial charge in [0.25, 0.3) is 0 Å². The lowest BCUT2D eigenvalue weighted by Crippen LogP contribution is -1.90. The van der Waals surface area contributed by atoms with Crippen LogP contribution in [0.5, 0.6) is 5.75 Å². The molecule has 5 aromatic carbocycles. The molecule has 5 aromatic rings. The Hall–Kier alpha value is -4.10. The van der Waals surface area contributed by atoms with E-state index < -0.39 is 0 Å². The summed E-state index contributed by atoms with van der Waals surface area (Å²) in [4.78, 5) is 0. The van der Waals surface area contributed by atoms with E-state index in [0.717, 1.165) is 5.75 Å². The van der Waals surface area contributed by atoms with Gasteiger partial charge in [-0.1, -0.05) is 190 Å². The molecule has 256 valence electrons. The lowest BCUT2D eigenvalue weighted by molar-refractivity contribution is 0.414. The van der Waals surface area contributed by atoms with Gasteiger partial charge in [-0.2, -0.15) is 0 Å². The Bertz CT molecular complexity index is 1490. The van der Waals surface area contributed by atoms with E-state index in [-0.39, 0.29) is 0 Å². The van der Waals surface area contributed by atoms with E-state index in [2.05, 4.69) is 185 Å². The van der Waals surface area contributed by atoms with Crippen molar-refractivity contribution in [1.29, 1.82) is 0 Å². The highest BCUT2D eigenvalue weighted by Gasteiger charge is 2.02. The summed E-state index contributed by atoms with van der Waals surface area (Å²) < 4.78 is 5.05. The monoisotopic (exact) mass is 642 g/mol. The number of hydrogen-bond acceptors (Lipinski definition) is 1. The Morgan fingerprint density at radius 2 is 0.604 bits per heavy atom. The van der Waals surface area contributed by atoms with Gasteiger partial charge in [0.05, 0.1) is 7.11 Å². The fraction of sp³-hybridized carbons (Fsp3) is 0.362. The van der Waals surface area contributed by atoms with Gasteiger partial charge in [0.15, 0.2) is 0 Å². The van der Waals surface area contributed by atoms with E-state index in [4.69, 9.17) is 4.74 Å². The van der Waals surface area contributed by atoms with Crippen molar-refractivity contribution in [3.05, 3.63) is 161 Å². The fourth-order valence-corrected chi connectivity index (χ4v) is 4.90. The van der Waals surface area contributed by atoms with Crippen LogP contribution in [0, 0.1) is 6.92 Å². The zero-order valence-corrected chi connectivity index (χ0v) is 31.9. The highest BCUT2D eigenvalue weighted by Crippen LogP contribution is 2.23. The van der Waals surface area contributed by atoms with Crippen LogP contribution in [0.1, 0.15) is 132 Å². The normalized spacial score (nSPS) is 10.6. The number of ether oxygens (including phenoxy) is 1. The maximum atomic E-state index is 5.05. The molecule has 0 aromatic heterocycles. The summed E-state index contributed by atoms with van der Waals surface area (Å²) in [7, 11) is 1.68. The van der Waals surface area contributed by atoms with Crippen LogP contribution < -0.4 is 4.74 Å². The van der Waals surface area contributed by atoms with Gasteiger partial charge in [0, 0.05) is 0 Å². The molecule has 0 spiro atoms. The lowest BCUT2D eigenvalue weighted by Gasteiger charge is -2.08. The molecule has 0 aliphatic rings. The Labute approximate surface area is 294 Å². The van der Waals surface area contributed by atoms with E-state index in [9.17, 15) is 0 Å². The van der Waals surface area contributed by atoms with Crippen molar-refractivity contribution in [2.45, 2.75) is 106 Å². The first-order chi connectivity index (χ1) is 22.8. The predicted molar refractivity (Wildman–Crippen MR) is 213 cm³/mol. The number of methoxy groups -OCH3 is 1. The van der Waals surface area contributed by atoms with Gasteiger partial charge in [-0.3, -0.25) is 0 Å². The van der Waals surface area contributed by atoms with Gasteiger partial charge < -0.3 is 4.74 Å². The second-order valence-electron chi connectivity index (χ2n) is 14.1. The lowest BCUT2D eigenvalue weighted by atomic mass is 9.97. The van der Waals surface area contributed by atoms with Crippen molar-refractivity contribution in [2.24, 2.45) is 0 Å². The molecule has 0 saturated heterocycles. The second-order valence-corrected chi connectivity index (χ2v) is 14.1. The summed E-state index contributed by atoms with van der Waals surface area (Å²) in [6.45, 7) is 24.3. The molecule has 48 heavy (non-hydrogen) atoms. The first-order valence-electron chi connectivity index (χ1n) is 17.8. The third-order valence-electron chi connectivity index (χ3n) is 8.48. The molecule has 0 atom stereocenters. The topological polar surface area (TPSA) is 9.23 Å². The molecule has 0 aliphatic heterocycles. The van der Waals surface area contributed by atoms with Gasteiger partial charge >= 0.3 is 0 Å². The summed E-state index contributed by atoms with van der Waals surface area (Å²) in [5.74, 6) is 4.07. The van der Waals surface area contributed by atoms with E-state index in [0.29, 0.717) is 29.6 Å². The smallest absolute Gasteiger partial charge is 0.118 e. The van der Waals surface area contributed by atoms with Crippen molar-refractivity contribution >= 4 is 0 Å². The molecule has 0 radical (unpaired) electrons. The van der Waals surface area contributed by atoms with Crippen molar-refractivity contribution in [3.63, 3.8) is 0 Å². The van der Waals surface area contributed by atoms with E-state index in [1.54, 1.807) is 7.11 Å². The van der Waals surface area contributed by atoms with Crippen molar-refractivity contribution in [2.75, 3.05) is 7.11 Å². The first kappa shape index (κ1) is 40.1. The number of benzene rings is 5. The van der Waals surface area contributed by atoms with Gasteiger partial charge in [0.1, 0.15) is 5.75 Å². The standard InChI is InChI=1S/C15H16.C12H18.C10H14O.C10H14/c1-12(2)13-8-10-15(11-9-13)14-6-4-3-5-7-14;1-9(2)11-5-7-12(8-6-11)10(3)4;1-8(2)9-4-6-10(11-3)7-5-9;1-8(2)10-6-4-9(3)5-7-10/h3-12H,1-2H3;5-10H,1-4H3;4-8H,1-3H3;4-8H,1-3H3. The molecule has 0 fully saturated rings. The molecule has 0 unspecified atom stereocenters. The van der Waals surface area contributed by atoms with Crippen LogP contribution in [-0.2, 0) is 0 Å². The van der Waals surface area contributed by atoms with Crippen molar-refractivity contribution in [1.82, 2.24) is 0 Å². The number of rotatable bonds is 7. The molecule has 0 N–H and O–H groups in total. The molecule has 0 saturated carbocycles. The third kappa shape index (κ3) is 14.3. The van der Waals surface area contributed by atoms with Crippen LogP contribution in [0.3, 0.4) is 0 Å². The molecule has 1 nitrogen and oxygen atoms in total. The quantitative estimate of drug-likeness (QED) is 0.172. The zero-order valence-electron chi connectivity index (χ0n) is 31.9. The number of aryl methyl sites for hydroxylation is 1. The summed E-state index contributed by atoms with van der Waals surface area (Å²) in [6, 6.07) is 45.2. The molecule has 1 heteroatoms.